The highest BCUT2D eigenvalue weighted by molar-refractivity contribution is 6.13. The molecule has 3 aromatic rings. The molecule has 0 aromatic heterocycles. The van der Waals surface area contributed by atoms with Crippen LogP contribution in [0, 0.1) is 40.7 Å². The summed E-state index contributed by atoms with van der Waals surface area (Å²) in [5.74, 6) is -17.9. The van der Waals surface area contributed by atoms with E-state index in [4.69, 9.17) is 0 Å². The second kappa shape index (κ2) is 4.64. The average molecular weight is 336 g/mol. The maximum absolute atomic E-state index is 14.0. The first-order valence-electron chi connectivity index (χ1n) is 5.85. The summed E-state index contributed by atoms with van der Waals surface area (Å²) in [6.07, 6.45) is 0. The van der Waals surface area contributed by atoms with Crippen LogP contribution in [-0.2, 0) is 0 Å². The Hall–Kier alpha value is -2.71. The molecule has 120 valence electrons. The van der Waals surface area contributed by atoms with Gasteiger partial charge in [0.05, 0.1) is 5.39 Å². The minimum atomic E-state index is -2.31. The Balaban J connectivity index is 2.80. The Morgan fingerprint density at radius 3 is 1.61 bits per heavy atom. The van der Waals surface area contributed by atoms with Crippen LogP contribution in [-0.4, -0.2) is 10.2 Å². The highest BCUT2D eigenvalue weighted by Gasteiger charge is 2.29. The van der Waals surface area contributed by atoms with Crippen molar-refractivity contribution in [2.75, 3.05) is 0 Å². The summed E-state index contributed by atoms with van der Waals surface area (Å²) in [6.45, 7) is 0. The van der Waals surface area contributed by atoms with Crippen molar-refractivity contribution >= 4 is 21.5 Å². The molecule has 0 spiro atoms. The molecular weight excluding hydrogens is 333 g/mol. The van der Waals surface area contributed by atoms with E-state index in [9.17, 15) is 40.9 Å². The Morgan fingerprint density at radius 2 is 1.00 bits per heavy atom. The standard InChI is InChI=1S/C14H3F7O2/c15-7-2-1-3(22)5-6(4(2)8(16)11(19)10(7)18)9(17)12(20)13(21)14(5)23/h1,22-23H. The van der Waals surface area contributed by atoms with Crippen LogP contribution in [0.5, 0.6) is 11.5 Å². The maximum Gasteiger partial charge on any atom is 0.204 e. The number of benzene rings is 3. The van der Waals surface area contributed by atoms with Gasteiger partial charge < -0.3 is 10.2 Å². The Bertz CT molecular complexity index is 1010. The maximum atomic E-state index is 14.0. The number of aromatic hydroxyl groups is 2. The van der Waals surface area contributed by atoms with Gasteiger partial charge in [-0.2, -0.15) is 4.39 Å². The second-order valence-electron chi connectivity index (χ2n) is 4.61. The molecule has 0 amide bonds. The molecule has 2 nitrogen and oxygen atoms in total. The lowest BCUT2D eigenvalue weighted by Gasteiger charge is -2.12. The number of phenolic OH excluding ortho intramolecular Hbond substituents is 2. The van der Waals surface area contributed by atoms with E-state index in [1.54, 1.807) is 0 Å². The third kappa shape index (κ3) is 1.76. The molecule has 0 saturated carbocycles. The van der Waals surface area contributed by atoms with Crippen LogP contribution < -0.4 is 0 Å². The van der Waals surface area contributed by atoms with Gasteiger partial charge in [-0.05, 0) is 6.07 Å². The van der Waals surface area contributed by atoms with Gasteiger partial charge in [0, 0.05) is 16.2 Å². The summed E-state index contributed by atoms with van der Waals surface area (Å²) in [5.41, 5.74) is 0. The van der Waals surface area contributed by atoms with E-state index in [-0.39, 0.29) is 0 Å². The van der Waals surface area contributed by atoms with Crippen molar-refractivity contribution in [2.45, 2.75) is 0 Å². The quantitative estimate of drug-likeness (QED) is 0.277. The fraction of sp³-hybridized carbons (Fsp3) is 0. The predicted octanol–water partition coefficient (Wildman–Crippen LogP) is 4.38. The number of halogens is 7. The number of hydrogen-bond donors (Lipinski definition) is 2. The average Bonchev–Trinajstić information content (AvgIpc) is 2.53. The molecule has 9 heteroatoms. The molecule has 0 aliphatic heterocycles. The van der Waals surface area contributed by atoms with Gasteiger partial charge in [-0.25, -0.2) is 26.3 Å². The summed E-state index contributed by atoms with van der Waals surface area (Å²) in [4.78, 5) is 0. The molecule has 3 aromatic carbocycles. The van der Waals surface area contributed by atoms with Crippen molar-refractivity contribution in [3.63, 3.8) is 0 Å². The van der Waals surface area contributed by atoms with E-state index in [2.05, 4.69) is 0 Å². The summed E-state index contributed by atoms with van der Waals surface area (Å²) >= 11 is 0. The topological polar surface area (TPSA) is 40.5 Å². The van der Waals surface area contributed by atoms with Crippen LogP contribution in [0.4, 0.5) is 30.7 Å². The van der Waals surface area contributed by atoms with Gasteiger partial charge in [0.1, 0.15) is 5.75 Å². The summed E-state index contributed by atoms with van der Waals surface area (Å²) < 4.78 is 94.9. The van der Waals surface area contributed by atoms with Crippen LogP contribution in [0.15, 0.2) is 6.07 Å². The minimum Gasteiger partial charge on any atom is -0.507 e. The van der Waals surface area contributed by atoms with Crippen molar-refractivity contribution in [1.29, 1.82) is 0 Å². The third-order valence-electron chi connectivity index (χ3n) is 3.39. The highest BCUT2D eigenvalue weighted by Crippen LogP contribution is 2.44. The smallest absolute Gasteiger partial charge is 0.204 e. The van der Waals surface area contributed by atoms with Crippen LogP contribution >= 0.6 is 0 Å². The lowest BCUT2D eigenvalue weighted by molar-refractivity contribution is 0.391. The van der Waals surface area contributed by atoms with E-state index in [1.807, 2.05) is 0 Å². The van der Waals surface area contributed by atoms with Crippen molar-refractivity contribution < 1.29 is 40.9 Å². The fourth-order valence-electron chi connectivity index (χ4n) is 2.37. The van der Waals surface area contributed by atoms with Gasteiger partial charge in [0.15, 0.2) is 40.7 Å². The summed E-state index contributed by atoms with van der Waals surface area (Å²) in [7, 11) is 0. The number of hydrogen-bond acceptors (Lipinski definition) is 2. The molecule has 2 N–H and O–H groups in total. The summed E-state index contributed by atoms with van der Waals surface area (Å²) in [6, 6.07) is 0.328. The van der Waals surface area contributed by atoms with E-state index in [0.717, 1.165) is 0 Å². The van der Waals surface area contributed by atoms with Gasteiger partial charge in [0.25, 0.3) is 0 Å². The van der Waals surface area contributed by atoms with Gasteiger partial charge in [-0.15, -0.1) is 0 Å². The fourth-order valence-corrected chi connectivity index (χ4v) is 2.37. The Kier molecular flexibility index (Phi) is 3.07. The molecular formula is C14H3F7O2. The molecule has 0 atom stereocenters. The molecule has 0 aliphatic carbocycles. The zero-order chi connectivity index (χ0) is 17.2. The van der Waals surface area contributed by atoms with E-state index >= 15 is 0 Å². The summed E-state index contributed by atoms with van der Waals surface area (Å²) in [5, 5.41) is 14.3. The second-order valence-corrected chi connectivity index (χ2v) is 4.61. The molecule has 0 bridgehead atoms. The van der Waals surface area contributed by atoms with Crippen LogP contribution in [0.2, 0.25) is 0 Å². The van der Waals surface area contributed by atoms with E-state index in [0.29, 0.717) is 6.07 Å². The van der Waals surface area contributed by atoms with E-state index in [1.165, 1.54) is 0 Å². The normalized spacial score (nSPS) is 11.6. The molecule has 0 saturated heterocycles. The lowest BCUT2D eigenvalue weighted by Crippen LogP contribution is -2.01. The predicted molar refractivity (Wildman–Crippen MR) is 64.5 cm³/mol. The van der Waals surface area contributed by atoms with Crippen molar-refractivity contribution in [3.8, 4) is 11.5 Å². The van der Waals surface area contributed by atoms with Crippen LogP contribution in [0.3, 0.4) is 0 Å². The van der Waals surface area contributed by atoms with Gasteiger partial charge in [-0.1, -0.05) is 0 Å². The zero-order valence-electron chi connectivity index (χ0n) is 10.6. The van der Waals surface area contributed by atoms with Gasteiger partial charge in [-0.3, -0.25) is 0 Å². The molecule has 0 unspecified atom stereocenters. The monoisotopic (exact) mass is 336 g/mol. The highest BCUT2D eigenvalue weighted by atomic mass is 19.2. The van der Waals surface area contributed by atoms with Gasteiger partial charge in [0.2, 0.25) is 5.82 Å². The Labute approximate surface area is 122 Å². The van der Waals surface area contributed by atoms with Gasteiger partial charge >= 0.3 is 0 Å². The molecule has 3 rings (SSSR count). The first kappa shape index (κ1) is 15.2. The SMILES string of the molecule is Oc1cc2c(F)c(F)c(F)c(F)c2c2c(F)c(F)c(F)c(O)c12. The largest absolute Gasteiger partial charge is 0.507 e. The lowest BCUT2D eigenvalue weighted by atomic mass is 9.98. The van der Waals surface area contributed by atoms with Crippen molar-refractivity contribution in [3.05, 3.63) is 46.8 Å². The third-order valence-corrected chi connectivity index (χ3v) is 3.39. The zero-order valence-corrected chi connectivity index (χ0v) is 10.6. The van der Waals surface area contributed by atoms with Crippen molar-refractivity contribution in [2.24, 2.45) is 0 Å². The Morgan fingerprint density at radius 1 is 0.522 bits per heavy atom. The molecule has 0 fully saturated rings. The molecule has 0 radical (unpaired) electrons. The molecule has 0 aliphatic rings. The minimum absolute atomic E-state index is 0.328. The first-order chi connectivity index (χ1) is 10.7. The number of phenols is 2. The molecule has 0 heterocycles. The first-order valence-corrected chi connectivity index (χ1v) is 5.85. The van der Waals surface area contributed by atoms with Crippen LogP contribution in [0.1, 0.15) is 0 Å². The number of rotatable bonds is 0. The molecule has 23 heavy (non-hydrogen) atoms. The van der Waals surface area contributed by atoms with E-state index < -0.39 is 73.8 Å². The van der Waals surface area contributed by atoms with Crippen molar-refractivity contribution in [1.82, 2.24) is 0 Å². The number of fused-ring (bicyclic) bond motifs is 3. The van der Waals surface area contributed by atoms with Crippen LogP contribution in [0.25, 0.3) is 21.5 Å².